The molecule has 1 aromatic rings. The number of methoxy groups -OCH3 is 1. The van der Waals surface area contributed by atoms with Gasteiger partial charge in [-0.15, -0.1) is 5.92 Å². The van der Waals surface area contributed by atoms with Crippen molar-refractivity contribution in [2.75, 3.05) is 7.11 Å². The molecule has 15 heavy (non-hydrogen) atoms. The SMILES string of the molecule is CC#CCC(=O)c1cc(C)ccc1OC. The van der Waals surface area contributed by atoms with E-state index in [1.54, 1.807) is 14.0 Å². The molecule has 0 heterocycles. The summed E-state index contributed by atoms with van der Waals surface area (Å²) in [5, 5.41) is 0. The van der Waals surface area contributed by atoms with E-state index in [1.165, 1.54) is 0 Å². The summed E-state index contributed by atoms with van der Waals surface area (Å²) in [6.45, 7) is 3.67. The molecule has 2 nitrogen and oxygen atoms in total. The third-order valence-corrected chi connectivity index (χ3v) is 2.08. The summed E-state index contributed by atoms with van der Waals surface area (Å²) in [6, 6.07) is 5.56. The second kappa shape index (κ2) is 5.21. The molecule has 2 heteroatoms. The monoisotopic (exact) mass is 202 g/mol. The predicted molar refractivity (Wildman–Crippen MR) is 60.1 cm³/mol. The maximum absolute atomic E-state index is 11.8. The highest BCUT2D eigenvalue weighted by Gasteiger charge is 2.10. The molecule has 0 aromatic heterocycles. The van der Waals surface area contributed by atoms with Crippen LogP contribution < -0.4 is 4.74 Å². The Morgan fingerprint density at radius 3 is 2.80 bits per heavy atom. The van der Waals surface area contributed by atoms with E-state index in [4.69, 9.17) is 4.74 Å². The van der Waals surface area contributed by atoms with Crippen molar-refractivity contribution in [1.82, 2.24) is 0 Å². The molecule has 0 fully saturated rings. The zero-order valence-corrected chi connectivity index (χ0v) is 9.26. The summed E-state index contributed by atoms with van der Waals surface area (Å²) in [7, 11) is 1.56. The lowest BCUT2D eigenvalue weighted by Crippen LogP contribution is -2.01. The number of Topliss-reactive ketones (excluding diaryl/α,β-unsaturated/α-hetero) is 1. The van der Waals surface area contributed by atoms with Crippen molar-refractivity contribution < 1.29 is 9.53 Å². The molecule has 0 N–H and O–H groups in total. The van der Waals surface area contributed by atoms with E-state index in [0.29, 0.717) is 11.3 Å². The Hall–Kier alpha value is -1.75. The molecular formula is C13H14O2. The molecule has 0 radical (unpaired) electrons. The van der Waals surface area contributed by atoms with Crippen LogP contribution in [0.3, 0.4) is 0 Å². The Morgan fingerprint density at radius 1 is 1.47 bits per heavy atom. The topological polar surface area (TPSA) is 26.3 Å². The van der Waals surface area contributed by atoms with Crippen LogP contribution in [0.5, 0.6) is 5.75 Å². The summed E-state index contributed by atoms with van der Waals surface area (Å²) < 4.78 is 5.13. The van der Waals surface area contributed by atoms with Gasteiger partial charge < -0.3 is 4.74 Å². The Labute approximate surface area is 90.3 Å². The average molecular weight is 202 g/mol. The first-order valence-electron chi connectivity index (χ1n) is 4.76. The van der Waals surface area contributed by atoms with Crippen LogP contribution in [-0.2, 0) is 0 Å². The molecule has 1 aromatic carbocycles. The lowest BCUT2D eigenvalue weighted by Gasteiger charge is -2.06. The zero-order chi connectivity index (χ0) is 11.3. The van der Waals surface area contributed by atoms with Crippen LogP contribution in [0.25, 0.3) is 0 Å². The van der Waals surface area contributed by atoms with Gasteiger partial charge in [-0.25, -0.2) is 0 Å². The van der Waals surface area contributed by atoms with Crippen molar-refractivity contribution in [2.45, 2.75) is 20.3 Å². The highest BCUT2D eigenvalue weighted by Crippen LogP contribution is 2.20. The third-order valence-electron chi connectivity index (χ3n) is 2.08. The highest BCUT2D eigenvalue weighted by atomic mass is 16.5. The molecule has 78 valence electrons. The highest BCUT2D eigenvalue weighted by molar-refractivity contribution is 6.00. The van der Waals surface area contributed by atoms with Gasteiger partial charge in [0.1, 0.15) is 5.75 Å². The number of aryl methyl sites for hydroxylation is 1. The Bertz CT molecular complexity index is 422. The number of benzene rings is 1. The van der Waals surface area contributed by atoms with Crippen molar-refractivity contribution in [3.63, 3.8) is 0 Å². The smallest absolute Gasteiger partial charge is 0.178 e. The van der Waals surface area contributed by atoms with Crippen LogP contribution in [0.1, 0.15) is 29.3 Å². The fraction of sp³-hybridized carbons (Fsp3) is 0.308. The van der Waals surface area contributed by atoms with Crippen molar-refractivity contribution in [3.8, 4) is 17.6 Å². The lowest BCUT2D eigenvalue weighted by molar-refractivity contribution is 0.0995. The standard InChI is InChI=1S/C13H14O2/c1-4-5-6-12(14)11-9-10(2)7-8-13(11)15-3/h7-9H,6H2,1-3H3. The number of hydrogen-bond acceptors (Lipinski definition) is 2. The summed E-state index contributed by atoms with van der Waals surface area (Å²) in [6.07, 6.45) is 0.246. The third kappa shape index (κ3) is 2.85. The maximum Gasteiger partial charge on any atom is 0.178 e. The normalized spacial score (nSPS) is 9.00. The molecule has 1 rings (SSSR count). The van der Waals surface area contributed by atoms with Gasteiger partial charge in [0.25, 0.3) is 0 Å². The van der Waals surface area contributed by atoms with E-state index in [2.05, 4.69) is 11.8 Å². The van der Waals surface area contributed by atoms with Crippen LogP contribution in [0.4, 0.5) is 0 Å². The van der Waals surface area contributed by atoms with E-state index in [1.807, 2.05) is 25.1 Å². The summed E-state index contributed by atoms with van der Waals surface area (Å²) in [4.78, 5) is 11.8. The molecule has 0 aliphatic carbocycles. The van der Waals surface area contributed by atoms with E-state index in [0.717, 1.165) is 5.56 Å². The lowest BCUT2D eigenvalue weighted by atomic mass is 10.0. The van der Waals surface area contributed by atoms with E-state index in [-0.39, 0.29) is 12.2 Å². The number of carbonyl (C=O) groups is 1. The molecule has 0 saturated carbocycles. The van der Waals surface area contributed by atoms with Gasteiger partial charge in [-0.1, -0.05) is 17.6 Å². The van der Waals surface area contributed by atoms with Crippen molar-refractivity contribution >= 4 is 5.78 Å². The first kappa shape index (κ1) is 11.3. The Balaban J connectivity index is 3.03. The second-order valence-electron chi connectivity index (χ2n) is 3.23. The van der Waals surface area contributed by atoms with E-state index >= 15 is 0 Å². The van der Waals surface area contributed by atoms with Gasteiger partial charge in [0, 0.05) is 0 Å². The minimum atomic E-state index is 0.00454. The molecule has 0 amide bonds. The van der Waals surface area contributed by atoms with Crippen molar-refractivity contribution in [3.05, 3.63) is 29.3 Å². The molecule has 0 aliphatic rings. The summed E-state index contributed by atoms with van der Waals surface area (Å²) in [5.41, 5.74) is 1.66. The fourth-order valence-corrected chi connectivity index (χ4v) is 1.30. The number of carbonyl (C=O) groups excluding carboxylic acids is 1. The quantitative estimate of drug-likeness (QED) is 0.556. The number of ketones is 1. The molecular weight excluding hydrogens is 188 g/mol. The van der Waals surface area contributed by atoms with Gasteiger partial charge in [-0.2, -0.15) is 0 Å². The first-order chi connectivity index (χ1) is 7.19. The van der Waals surface area contributed by atoms with Gasteiger partial charge in [0.05, 0.1) is 19.1 Å². The van der Waals surface area contributed by atoms with E-state index < -0.39 is 0 Å². The minimum Gasteiger partial charge on any atom is -0.496 e. The molecule has 0 unspecified atom stereocenters. The number of hydrogen-bond donors (Lipinski definition) is 0. The molecule has 0 aliphatic heterocycles. The largest absolute Gasteiger partial charge is 0.496 e. The molecule has 0 atom stereocenters. The molecule has 0 spiro atoms. The predicted octanol–water partition coefficient (Wildman–Crippen LogP) is 2.60. The maximum atomic E-state index is 11.8. The van der Waals surface area contributed by atoms with Gasteiger partial charge in [-0.3, -0.25) is 4.79 Å². The van der Waals surface area contributed by atoms with E-state index in [9.17, 15) is 4.79 Å². The van der Waals surface area contributed by atoms with Crippen LogP contribution in [0.15, 0.2) is 18.2 Å². The second-order valence-corrected chi connectivity index (χ2v) is 3.23. The summed E-state index contributed by atoms with van der Waals surface area (Å²) >= 11 is 0. The average Bonchev–Trinajstić information content (AvgIpc) is 2.25. The van der Waals surface area contributed by atoms with Gasteiger partial charge >= 0.3 is 0 Å². The zero-order valence-electron chi connectivity index (χ0n) is 9.26. The summed E-state index contributed by atoms with van der Waals surface area (Å²) in [5.74, 6) is 6.09. The Kier molecular flexibility index (Phi) is 3.93. The number of rotatable bonds is 3. The molecule has 0 saturated heterocycles. The Morgan fingerprint density at radius 2 is 2.20 bits per heavy atom. The van der Waals surface area contributed by atoms with Gasteiger partial charge in [0.2, 0.25) is 0 Å². The first-order valence-corrected chi connectivity index (χ1v) is 4.76. The van der Waals surface area contributed by atoms with Crippen molar-refractivity contribution in [1.29, 1.82) is 0 Å². The van der Waals surface area contributed by atoms with Crippen LogP contribution >= 0.6 is 0 Å². The fourth-order valence-electron chi connectivity index (χ4n) is 1.30. The van der Waals surface area contributed by atoms with Crippen LogP contribution in [0, 0.1) is 18.8 Å². The van der Waals surface area contributed by atoms with Gasteiger partial charge in [0.15, 0.2) is 5.78 Å². The van der Waals surface area contributed by atoms with Crippen LogP contribution in [-0.4, -0.2) is 12.9 Å². The van der Waals surface area contributed by atoms with Crippen molar-refractivity contribution in [2.24, 2.45) is 0 Å². The van der Waals surface area contributed by atoms with Crippen LogP contribution in [0.2, 0.25) is 0 Å². The number of ether oxygens (including phenoxy) is 1. The minimum absolute atomic E-state index is 0.00454. The molecule has 0 bridgehead atoms. The van der Waals surface area contributed by atoms with Gasteiger partial charge in [-0.05, 0) is 26.0 Å².